The highest BCUT2D eigenvalue weighted by Gasteiger charge is 2.20. The number of rotatable bonds is 3. The molecule has 0 aliphatic rings. The average Bonchev–Trinajstić information content (AvgIpc) is 2.20. The second-order valence-corrected chi connectivity index (χ2v) is 7.39. The highest BCUT2D eigenvalue weighted by atomic mass is 15.1. The highest BCUT2D eigenvalue weighted by Crippen LogP contribution is 2.25. The molecule has 1 aromatic heterocycles. The Morgan fingerprint density at radius 3 is 2.11 bits per heavy atom. The standard InChI is InChI=1S/C15H28N4/c1-10-11(16)18-13(15(5,6)7)19-12(10)17-9-8-14(2,3)4/h8-9H2,1-7H3,(H3,16,17,18,19). The first kappa shape index (κ1) is 15.7. The molecule has 3 N–H and O–H groups in total. The van der Waals surface area contributed by atoms with E-state index in [9.17, 15) is 0 Å². The minimum atomic E-state index is -0.0950. The van der Waals surface area contributed by atoms with Crippen LogP contribution in [0.2, 0.25) is 0 Å². The molecule has 0 radical (unpaired) electrons. The van der Waals surface area contributed by atoms with E-state index >= 15 is 0 Å². The SMILES string of the molecule is Cc1c(N)nc(C(C)(C)C)nc1NCCC(C)(C)C. The summed E-state index contributed by atoms with van der Waals surface area (Å²) in [4.78, 5) is 9.01. The molecule has 4 nitrogen and oxygen atoms in total. The summed E-state index contributed by atoms with van der Waals surface area (Å²) in [6, 6.07) is 0. The van der Waals surface area contributed by atoms with E-state index in [0.29, 0.717) is 11.2 Å². The molecule has 0 aliphatic carbocycles. The fourth-order valence-corrected chi connectivity index (χ4v) is 1.60. The van der Waals surface area contributed by atoms with E-state index in [4.69, 9.17) is 5.73 Å². The summed E-state index contributed by atoms with van der Waals surface area (Å²) in [7, 11) is 0. The molecule has 108 valence electrons. The summed E-state index contributed by atoms with van der Waals surface area (Å²) < 4.78 is 0. The van der Waals surface area contributed by atoms with Gasteiger partial charge in [0, 0.05) is 17.5 Å². The lowest BCUT2D eigenvalue weighted by molar-refractivity contribution is 0.389. The summed E-state index contributed by atoms with van der Waals surface area (Å²) in [6.07, 6.45) is 1.08. The van der Waals surface area contributed by atoms with Crippen molar-refractivity contribution in [1.82, 2.24) is 9.97 Å². The van der Waals surface area contributed by atoms with E-state index in [1.165, 1.54) is 0 Å². The summed E-state index contributed by atoms with van der Waals surface area (Å²) in [5, 5.41) is 3.39. The summed E-state index contributed by atoms with van der Waals surface area (Å²) in [6.45, 7) is 15.8. The Labute approximate surface area is 117 Å². The van der Waals surface area contributed by atoms with Gasteiger partial charge in [0.05, 0.1) is 0 Å². The van der Waals surface area contributed by atoms with Gasteiger partial charge in [0.1, 0.15) is 17.5 Å². The largest absolute Gasteiger partial charge is 0.383 e. The first-order chi connectivity index (χ1) is 8.50. The Hall–Kier alpha value is -1.32. The third-order valence-corrected chi connectivity index (χ3v) is 3.02. The zero-order valence-corrected chi connectivity index (χ0v) is 13.4. The maximum absolute atomic E-state index is 5.98. The van der Waals surface area contributed by atoms with Crippen molar-refractivity contribution in [2.24, 2.45) is 5.41 Å². The monoisotopic (exact) mass is 264 g/mol. The van der Waals surface area contributed by atoms with Crippen LogP contribution in [0.1, 0.15) is 59.4 Å². The van der Waals surface area contributed by atoms with Gasteiger partial charge in [0.2, 0.25) is 0 Å². The zero-order valence-electron chi connectivity index (χ0n) is 13.4. The Bertz CT molecular complexity index is 439. The number of hydrogen-bond donors (Lipinski definition) is 2. The van der Waals surface area contributed by atoms with Crippen molar-refractivity contribution in [3.63, 3.8) is 0 Å². The molecule has 1 aromatic rings. The van der Waals surface area contributed by atoms with Crippen LogP contribution in [-0.4, -0.2) is 16.5 Å². The molecule has 0 aromatic carbocycles. The lowest BCUT2D eigenvalue weighted by atomic mass is 9.92. The van der Waals surface area contributed by atoms with Crippen molar-refractivity contribution in [1.29, 1.82) is 0 Å². The lowest BCUT2D eigenvalue weighted by Crippen LogP contribution is -2.20. The van der Waals surface area contributed by atoms with Crippen LogP contribution in [0.3, 0.4) is 0 Å². The third kappa shape index (κ3) is 4.69. The fraction of sp³-hybridized carbons (Fsp3) is 0.733. The van der Waals surface area contributed by atoms with Crippen LogP contribution in [0.5, 0.6) is 0 Å². The van der Waals surface area contributed by atoms with E-state index in [-0.39, 0.29) is 5.41 Å². The van der Waals surface area contributed by atoms with Gasteiger partial charge in [-0.2, -0.15) is 0 Å². The van der Waals surface area contributed by atoms with Crippen molar-refractivity contribution in [3.8, 4) is 0 Å². The maximum atomic E-state index is 5.98. The molecule has 0 fully saturated rings. The van der Waals surface area contributed by atoms with Crippen molar-refractivity contribution in [3.05, 3.63) is 11.4 Å². The van der Waals surface area contributed by atoms with Gasteiger partial charge in [-0.15, -0.1) is 0 Å². The van der Waals surface area contributed by atoms with Crippen molar-refractivity contribution in [2.45, 2.75) is 60.3 Å². The van der Waals surface area contributed by atoms with Crippen LogP contribution in [0, 0.1) is 12.3 Å². The molecule has 4 heteroatoms. The number of nitrogens with two attached hydrogens (primary N) is 1. The average molecular weight is 264 g/mol. The molecule has 0 unspecified atom stereocenters. The van der Waals surface area contributed by atoms with Crippen LogP contribution in [0.15, 0.2) is 0 Å². The minimum absolute atomic E-state index is 0.0950. The normalized spacial score (nSPS) is 12.6. The first-order valence-electron chi connectivity index (χ1n) is 6.89. The maximum Gasteiger partial charge on any atom is 0.138 e. The van der Waals surface area contributed by atoms with Crippen LogP contribution in [0.4, 0.5) is 11.6 Å². The molecule has 19 heavy (non-hydrogen) atoms. The van der Waals surface area contributed by atoms with Gasteiger partial charge in [-0.3, -0.25) is 0 Å². The summed E-state index contributed by atoms with van der Waals surface area (Å²) >= 11 is 0. The number of nitrogen functional groups attached to an aromatic ring is 1. The summed E-state index contributed by atoms with van der Waals surface area (Å²) in [5.74, 6) is 2.22. The number of aromatic nitrogens is 2. The summed E-state index contributed by atoms with van der Waals surface area (Å²) in [5.41, 5.74) is 7.13. The molecular formula is C15H28N4. The van der Waals surface area contributed by atoms with Crippen LogP contribution in [-0.2, 0) is 5.41 Å². The highest BCUT2D eigenvalue weighted by molar-refractivity contribution is 5.55. The van der Waals surface area contributed by atoms with Gasteiger partial charge in [-0.05, 0) is 18.8 Å². The number of nitrogens with zero attached hydrogens (tertiary/aromatic N) is 2. The van der Waals surface area contributed by atoms with Gasteiger partial charge in [0.15, 0.2) is 0 Å². The van der Waals surface area contributed by atoms with Crippen LogP contribution >= 0.6 is 0 Å². The quantitative estimate of drug-likeness (QED) is 0.877. The van der Waals surface area contributed by atoms with Crippen molar-refractivity contribution in [2.75, 3.05) is 17.6 Å². The zero-order chi connectivity index (χ0) is 14.8. The molecule has 1 rings (SSSR count). The van der Waals surface area contributed by atoms with Gasteiger partial charge in [-0.25, -0.2) is 9.97 Å². The Balaban J connectivity index is 2.91. The van der Waals surface area contributed by atoms with Gasteiger partial charge < -0.3 is 11.1 Å². The Morgan fingerprint density at radius 2 is 1.63 bits per heavy atom. The number of anilines is 2. The second kappa shape index (κ2) is 5.35. The molecule has 0 amide bonds. The second-order valence-electron chi connectivity index (χ2n) is 7.39. The molecule has 0 spiro atoms. The third-order valence-electron chi connectivity index (χ3n) is 3.02. The molecule has 0 aliphatic heterocycles. The first-order valence-corrected chi connectivity index (χ1v) is 6.89. The predicted molar refractivity (Wildman–Crippen MR) is 82.4 cm³/mol. The van der Waals surface area contributed by atoms with Crippen LogP contribution in [0.25, 0.3) is 0 Å². The topological polar surface area (TPSA) is 63.8 Å². The molecule has 1 heterocycles. The Kier molecular flexibility index (Phi) is 4.43. The molecule has 0 saturated carbocycles. The molecule has 0 atom stereocenters. The van der Waals surface area contributed by atoms with Crippen molar-refractivity contribution < 1.29 is 0 Å². The van der Waals surface area contributed by atoms with E-state index in [1.54, 1.807) is 0 Å². The van der Waals surface area contributed by atoms with E-state index in [2.05, 4.69) is 56.8 Å². The molecule has 0 bridgehead atoms. The molecular weight excluding hydrogens is 236 g/mol. The van der Waals surface area contributed by atoms with E-state index < -0.39 is 0 Å². The molecule has 0 saturated heterocycles. The number of nitrogens with one attached hydrogen (secondary N) is 1. The lowest BCUT2D eigenvalue weighted by Gasteiger charge is -2.21. The minimum Gasteiger partial charge on any atom is -0.383 e. The van der Waals surface area contributed by atoms with Crippen LogP contribution < -0.4 is 11.1 Å². The smallest absolute Gasteiger partial charge is 0.138 e. The van der Waals surface area contributed by atoms with Crippen molar-refractivity contribution >= 4 is 11.6 Å². The van der Waals surface area contributed by atoms with E-state index in [0.717, 1.165) is 30.2 Å². The Morgan fingerprint density at radius 1 is 1.05 bits per heavy atom. The van der Waals surface area contributed by atoms with Gasteiger partial charge in [-0.1, -0.05) is 41.5 Å². The predicted octanol–water partition coefficient (Wildman–Crippen LogP) is 3.51. The number of hydrogen-bond acceptors (Lipinski definition) is 4. The van der Waals surface area contributed by atoms with Gasteiger partial charge >= 0.3 is 0 Å². The fourth-order valence-electron chi connectivity index (χ4n) is 1.60. The van der Waals surface area contributed by atoms with Gasteiger partial charge in [0.25, 0.3) is 0 Å². The van der Waals surface area contributed by atoms with E-state index in [1.807, 2.05) is 6.92 Å².